The van der Waals surface area contributed by atoms with E-state index in [0.29, 0.717) is 0 Å². The van der Waals surface area contributed by atoms with Gasteiger partial charge >= 0.3 is 0 Å². The minimum Gasteiger partial charge on any atom is -0.386 e. The standard InChI is InChI=1S/C6H12N4.HI/c1-4-3-5(6(7)8)10(2)9-4;/h5H,3H2,1-2H3,(H3,7,8);1H. The number of hydrogen-bond acceptors (Lipinski definition) is 3. The molecule has 0 aromatic carbocycles. The molecule has 0 bridgehead atoms. The molecule has 0 aromatic rings. The predicted octanol–water partition coefficient (Wildman–Crippen LogP) is 0.620. The molecule has 0 amide bonds. The van der Waals surface area contributed by atoms with Gasteiger partial charge in [0.05, 0.1) is 0 Å². The van der Waals surface area contributed by atoms with E-state index < -0.39 is 0 Å². The van der Waals surface area contributed by atoms with Crippen LogP contribution in [0.25, 0.3) is 0 Å². The maximum Gasteiger partial charge on any atom is 0.116 e. The van der Waals surface area contributed by atoms with Crippen molar-refractivity contribution in [3.8, 4) is 0 Å². The van der Waals surface area contributed by atoms with E-state index in [2.05, 4.69) is 5.10 Å². The molecular formula is C6H13IN4. The van der Waals surface area contributed by atoms with E-state index in [0.717, 1.165) is 12.1 Å². The van der Waals surface area contributed by atoms with Gasteiger partial charge in [0.1, 0.15) is 11.9 Å². The van der Waals surface area contributed by atoms with E-state index in [1.165, 1.54) is 0 Å². The van der Waals surface area contributed by atoms with Crippen LogP contribution in [0.3, 0.4) is 0 Å². The Morgan fingerprint density at radius 3 is 2.55 bits per heavy atom. The van der Waals surface area contributed by atoms with Crippen molar-refractivity contribution in [1.29, 1.82) is 5.41 Å². The van der Waals surface area contributed by atoms with Gasteiger partial charge in [0, 0.05) is 19.2 Å². The summed E-state index contributed by atoms with van der Waals surface area (Å²) in [5, 5.41) is 13.0. The largest absolute Gasteiger partial charge is 0.386 e. The van der Waals surface area contributed by atoms with Crippen molar-refractivity contribution in [3.05, 3.63) is 0 Å². The molecule has 0 spiro atoms. The molecule has 1 heterocycles. The third-order valence-electron chi connectivity index (χ3n) is 1.63. The summed E-state index contributed by atoms with van der Waals surface area (Å²) in [5.74, 6) is 0.197. The number of rotatable bonds is 1. The van der Waals surface area contributed by atoms with E-state index in [1.54, 1.807) is 5.01 Å². The normalized spacial score (nSPS) is 22.5. The number of nitrogens with one attached hydrogen (secondary N) is 1. The first kappa shape index (κ1) is 10.7. The van der Waals surface area contributed by atoms with Gasteiger partial charge < -0.3 is 5.73 Å². The molecule has 0 aromatic heterocycles. The molecule has 5 heteroatoms. The third-order valence-corrected chi connectivity index (χ3v) is 1.63. The van der Waals surface area contributed by atoms with Crippen molar-refractivity contribution in [2.45, 2.75) is 19.4 Å². The predicted molar refractivity (Wildman–Crippen MR) is 56.6 cm³/mol. The topological polar surface area (TPSA) is 65.5 Å². The summed E-state index contributed by atoms with van der Waals surface area (Å²) >= 11 is 0. The fraction of sp³-hybridized carbons (Fsp3) is 0.667. The maximum absolute atomic E-state index is 7.17. The van der Waals surface area contributed by atoms with E-state index in [4.69, 9.17) is 11.1 Å². The van der Waals surface area contributed by atoms with E-state index in [-0.39, 0.29) is 35.9 Å². The summed E-state index contributed by atoms with van der Waals surface area (Å²) in [6, 6.07) is -0.000000000000000444. The van der Waals surface area contributed by atoms with Gasteiger partial charge in [-0.25, -0.2) is 0 Å². The van der Waals surface area contributed by atoms with Gasteiger partial charge in [-0.1, -0.05) is 0 Å². The molecule has 64 valence electrons. The second-order valence-electron chi connectivity index (χ2n) is 2.58. The summed E-state index contributed by atoms with van der Waals surface area (Å²) in [6.45, 7) is 1.94. The summed E-state index contributed by atoms with van der Waals surface area (Å²) < 4.78 is 0. The van der Waals surface area contributed by atoms with Crippen molar-refractivity contribution in [3.63, 3.8) is 0 Å². The van der Waals surface area contributed by atoms with Gasteiger partial charge in [0.25, 0.3) is 0 Å². The lowest BCUT2D eigenvalue weighted by Gasteiger charge is -2.16. The van der Waals surface area contributed by atoms with Crippen LogP contribution in [0.15, 0.2) is 5.10 Å². The minimum atomic E-state index is -0.000000000000000444. The zero-order chi connectivity index (χ0) is 7.72. The zero-order valence-corrected chi connectivity index (χ0v) is 8.99. The summed E-state index contributed by atoms with van der Waals surface area (Å²) in [6.07, 6.45) is 0.797. The molecule has 4 nitrogen and oxygen atoms in total. The van der Waals surface area contributed by atoms with Gasteiger partial charge in [-0.3, -0.25) is 10.4 Å². The van der Waals surface area contributed by atoms with Crippen LogP contribution in [0.5, 0.6) is 0 Å². The van der Waals surface area contributed by atoms with Crippen molar-refractivity contribution < 1.29 is 0 Å². The van der Waals surface area contributed by atoms with Crippen molar-refractivity contribution in [1.82, 2.24) is 5.01 Å². The Kier molecular flexibility index (Phi) is 3.77. The van der Waals surface area contributed by atoms with Crippen LogP contribution in [0.2, 0.25) is 0 Å². The van der Waals surface area contributed by atoms with E-state index >= 15 is 0 Å². The molecule has 11 heavy (non-hydrogen) atoms. The van der Waals surface area contributed by atoms with E-state index in [1.807, 2.05) is 14.0 Å². The van der Waals surface area contributed by atoms with Crippen molar-refractivity contribution in [2.75, 3.05) is 7.05 Å². The first-order chi connectivity index (χ1) is 4.61. The number of hydrazone groups is 1. The maximum atomic E-state index is 7.17. The molecule has 1 rings (SSSR count). The first-order valence-corrected chi connectivity index (χ1v) is 3.22. The van der Waals surface area contributed by atoms with Crippen molar-refractivity contribution >= 4 is 35.5 Å². The lowest BCUT2D eigenvalue weighted by Crippen LogP contribution is -2.36. The Bertz CT molecular complexity index is 189. The minimum absolute atomic E-state index is 0. The highest BCUT2D eigenvalue weighted by Gasteiger charge is 2.23. The van der Waals surface area contributed by atoms with Crippen molar-refractivity contribution in [2.24, 2.45) is 10.8 Å². The highest BCUT2D eigenvalue weighted by molar-refractivity contribution is 14.0. The average molecular weight is 268 g/mol. The molecule has 0 saturated heterocycles. The van der Waals surface area contributed by atoms with Crippen LogP contribution in [0, 0.1) is 5.41 Å². The third kappa shape index (κ3) is 2.32. The quantitative estimate of drug-likeness (QED) is 0.416. The Labute approximate surface area is 83.4 Å². The molecular weight excluding hydrogens is 255 g/mol. The number of hydrogen-bond donors (Lipinski definition) is 2. The second kappa shape index (κ2) is 3.89. The Morgan fingerprint density at radius 1 is 1.82 bits per heavy atom. The molecule has 0 fully saturated rings. The number of nitrogens with two attached hydrogens (primary N) is 1. The van der Waals surface area contributed by atoms with Gasteiger partial charge in [-0.05, 0) is 6.92 Å². The smallest absolute Gasteiger partial charge is 0.116 e. The van der Waals surface area contributed by atoms with Crippen LogP contribution >= 0.6 is 24.0 Å². The van der Waals surface area contributed by atoms with E-state index in [9.17, 15) is 0 Å². The van der Waals surface area contributed by atoms with Gasteiger partial charge in [-0.15, -0.1) is 24.0 Å². The lowest BCUT2D eigenvalue weighted by atomic mass is 10.1. The molecule has 3 N–H and O–H groups in total. The number of nitrogens with zero attached hydrogens (tertiary/aromatic N) is 2. The highest BCUT2D eigenvalue weighted by atomic mass is 127. The number of likely N-dealkylation sites (N-methyl/N-ethyl adjacent to an activating group) is 1. The fourth-order valence-corrected chi connectivity index (χ4v) is 1.10. The fourth-order valence-electron chi connectivity index (χ4n) is 1.10. The number of amidine groups is 1. The van der Waals surface area contributed by atoms with Crippen LogP contribution in [0.1, 0.15) is 13.3 Å². The molecule has 1 aliphatic rings. The first-order valence-electron chi connectivity index (χ1n) is 3.22. The second-order valence-corrected chi connectivity index (χ2v) is 2.58. The van der Waals surface area contributed by atoms with Crippen LogP contribution < -0.4 is 5.73 Å². The Balaban J connectivity index is 0.000001000. The van der Waals surface area contributed by atoms with Gasteiger partial charge in [-0.2, -0.15) is 5.10 Å². The summed E-state index contributed by atoms with van der Waals surface area (Å²) in [7, 11) is 1.84. The van der Waals surface area contributed by atoms with Gasteiger partial charge in [0.2, 0.25) is 0 Å². The van der Waals surface area contributed by atoms with Gasteiger partial charge in [0.15, 0.2) is 0 Å². The molecule has 1 aliphatic heterocycles. The Hall–Kier alpha value is -0.330. The summed E-state index contributed by atoms with van der Waals surface area (Å²) in [5.41, 5.74) is 6.36. The summed E-state index contributed by atoms with van der Waals surface area (Å²) in [4.78, 5) is 0. The van der Waals surface area contributed by atoms with Crippen LogP contribution in [0.4, 0.5) is 0 Å². The average Bonchev–Trinajstić information content (AvgIpc) is 2.10. The molecule has 0 aliphatic carbocycles. The van der Waals surface area contributed by atoms with Crippen LogP contribution in [-0.2, 0) is 0 Å². The molecule has 0 saturated carbocycles. The highest BCUT2D eigenvalue weighted by Crippen LogP contribution is 2.11. The lowest BCUT2D eigenvalue weighted by molar-refractivity contribution is 0.343. The molecule has 0 radical (unpaired) electrons. The molecule has 1 atom stereocenters. The number of halogens is 1. The Morgan fingerprint density at radius 2 is 2.36 bits per heavy atom. The molecule has 1 unspecified atom stereocenters. The SMILES string of the molecule is CC1=NN(C)C(C(=N)N)C1.I. The zero-order valence-electron chi connectivity index (χ0n) is 6.66. The van der Waals surface area contributed by atoms with Crippen LogP contribution in [-0.4, -0.2) is 29.6 Å². The monoisotopic (exact) mass is 268 g/mol.